The summed E-state index contributed by atoms with van der Waals surface area (Å²) in [6, 6.07) is 2.37. The minimum atomic E-state index is -0.277. The fourth-order valence-electron chi connectivity index (χ4n) is 1.16. The molecule has 0 aliphatic carbocycles. The number of rotatable bonds is 5. The first kappa shape index (κ1) is 12.2. The Bertz CT molecular complexity index is 299. The number of hydrogen-bond donors (Lipinski definition) is 1. The second-order valence-electron chi connectivity index (χ2n) is 4.86. The van der Waals surface area contributed by atoms with Gasteiger partial charge < -0.3 is 10.5 Å². The molecule has 0 unspecified atom stereocenters. The van der Waals surface area contributed by atoms with E-state index >= 15 is 0 Å². The van der Waals surface area contributed by atoms with Crippen LogP contribution in [0.2, 0.25) is 0 Å². The molecule has 1 aromatic heterocycles. The number of hydrogen-bond acceptors (Lipinski definition) is 3. The van der Waals surface area contributed by atoms with Crippen molar-refractivity contribution in [1.82, 2.24) is 9.78 Å². The SMILES string of the molecule is CC(C)n1ccc(COCC(C)(C)N)n1. The van der Waals surface area contributed by atoms with Gasteiger partial charge in [0.15, 0.2) is 0 Å². The topological polar surface area (TPSA) is 53.1 Å². The van der Waals surface area contributed by atoms with Gasteiger partial charge >= 0.3 is 0 Å². The molecule has 2 N–H and O–H groups in total. The van der Waals surface area contributed by atoms with Crippen molar-refractivity contribution >= 4 is 0 Å². The lowest BCUT2D eigenvalue weighted by Crippen LogP contribution is -2.37. The lowest BCUT2D eigenvalue weighted by atomic mass is 10.1. The summed E-state index contributed by atoms with van der Waals surface area (Å²) in [6.45, 7) is 9.16. The van der Waals surface area contributed by atoms with Crippen molar-refractivity contribution in [3.63, 3.8) is 0 Å². The minimum absolute atomic E-state index is 0.277. The highest BCUT2D eigenvalue weighted by Gasteiger charge is 2.11. The van der Waals surface area contributed by atoms with Crippen LogP contribution in [0.15, 0.2) is 12.3 Å². The van der Waals surface area contributed by atoms with E-state index in [-0.39, 0.29) is 5.54 Å². The van der Waals surface area contributed by atoms with Crippen molar-refractivity contribution in [3.05, 3.63) is 18.0 Å². The fraction of sp³-hybridized carbons (Fsp3) is 0.727. The van der Waals surface area contributed by atoms with Gasteiger partial charge in [0, 0.05) is 17.8 Å². The van der Waals surface area contributed by atoms with Crippen LogP contribution in [-0.2, 0) is 11.3 Å². The summed E-state index contributed by atoms with van der Waals surface area (Å²) in [6.07, 6.45) is 1.97. The molecule has 0 fully saturated rings. The van der Waals surface area contributed by atoms with Gasteiger partial charge in [0.1, 0.15) is 0 Å². The molecule has 86 valence electrons. The highest BCUT2D eigenvalue weighted by Crippen LogP contribution is 2.06. The first-order valence-corrected chi connectivity index (χ1v) is 5.29. The van der Waals surface area contributed by atoms with E-state index in [2.05, 4.69) is 18.9 Å². The number of nitrogens with zero attached hydrogens (tertiary/aromatic N) is 2. The van der Waals surface area contributed by atoms with Gasteiger partial charge in [0.2, 0.25) is 0 Å². The first-order valence-electron chi connectivity index (χ1n) is 5.29. The molecule has 1 rings (SSSR count). The Morgan fingerprint density at radius 1 is 1.53 bits per heavy atom. The zero-order chi connectivity index (χ0) is 11.5. The summed E-state index contributed by atoms with van der Waals surface area (Å²) in [5.74, 6) is 0. The quantitative estimate of drug-likeness (QED) is 0.806. The van der Waals surface area contributed by atoms with Gasteiger partial charge in [-0.15, -0.1) is 0 Å². The Kier molecular flexibility index (Phi) is 3.88. The Morgan fingerprint density at radius 3 is 2.67 bits per heavy atom. The molecule has 4 nitrogen and oxygen atoms in total. The Hall–Kier alpha value is -0.870. The Balaban J connectivity index is 2.38. The summed E-state index contributed by atoms with van der Waals surface area (Å²) in [7, 11) is 0. The molecule has 1 aromatic rings. The number of nitrogens with two attached hydrogens (primary N) is 1. The van der Waals surface area contributed by atoms with Gasteiger partial charge in [0.05, 0.1) is 18.9 Å². The van der Waals surface area contributed by atoms with Crippen molar-refractivity contribution in [1.29, 1.82) is 0 Å². The Labute approximate surface area is 91.4 Å². The molecular formula is C11H21N3O. The van der Waals surface area contributed by atoms with Gasteiger partial charge in [-0.3, -0.25) is 4.68 Å². The van der Waals surface area contributed by atoms with Crippen LogP contribution in [0.3, 0.4) is 0 Å². The van der Waals surface area contributed by atoms with E-state index in [0.717, 1.165) is 5.69 Å². The van der Waals surface area contributed by atoms with Crippen LogP contribution in [0.25, 0.3) is 0 Å². The third-order valence-electron chi connectivity index (χ3n) is 1.92. The monoisotopic (exact) mass is 211 g/mol. The van der Waals surface area contributed by atoms with Crippen LogP contribution in [0.5, 0.6) is 0 Å². The lowest BCUT2D eigenvalue weighted by molar-refractivity contribution is 0.0825. The predicted molar refractivity (Wildman–Crippen MR) is 60.5 cm³/mol. The molecule has 0 saturated carbocycles. The van der Waals surface area contributed by atoms with Crippen LogP contribution in [0.1, 0.15) is 39.4 Å². The summed E-state index contributed by atoms with van der Waals surface area (Å²) < 4.78 is 7.40. The minimum Gasteiger partial charge on any atom is -0.373 e. The maximum atomic E-state index is 5.80. The van der Waals surface area contributed by atoms with E-state index in [4.69, 9.17) is 10.5 Å². The van der Waals surface area contributed by atoms with Crippen molar-refractivity contribution in [2.24, 2.45) is 5.73 Å². The number of aromatic nitrogens is 2. The second kappa shape index (κ2) is 4.77. The van der Waals surface area contributed by atoms with Crippen LogP contribution < -0.4 is 5.73 Å². The third-order valence-corrected chi connectivity index (χ3v) is 1.92. The molecule has 0 saturated heterocycles. The van der Waals surface area contributed by atoms with Crippen molar-refractivity contribution in [3.8, 4) is 0 Å². The molecule has 15 heavy (non-hydrogen) atoms. The first-order chi connectivity index (χ1) is 6.88. The van der Waals surface area contributed by atoms with Gasteiger partial charge in [-0.1, -0.05) is 0 Å². The molecular weight excluding hydrogens is 190 g/mol. The molecule has 0 radical (unpaired) electrons. The average Bonchev–Trinajstić information content (AvgIpc) is 2.50. The molecule has 4 heteroatoms. The number of ether oxygens (including phenoxy) is 1. The summed E-state index contributed by atoms with van der Waals surface area (Å²) in [5.41, 5.74) is 6.48. The molecule has 0 aromatic carbocycles. The second-order valence-corrected chi connectivity index (χ2v) is 4.86. The zero-order valence-corrected chi connectivity index (χ0v) is 10.0. The van der Waals surface area contributed by atoms with Crippen molar-refractivity contribution < 1.29 is 4.74 Å². The molecule has 0 spiro atoms. The van der Waals surface area contributed by atoms with Gasteiger partial charge in [-0.05, 0) is 33.8 Å². The van der Waals surface area contributed by atoms with Crippen molar-refractivity contribution in [2.75, 3.05) is 6.61 Å². The van der Waals surface area contributed by atoms with E-state index in [9.17, 15) is 0 Å². The zero-order valence-electron chi connectivity index (χ0n) is 10.0. The molecule has 0 aliphatic rings. The van der Waals surface area contributed by atoms with Crippen LogP contribution in [0.4, 0.5) is 0 Å². The van der Waals surface area contributed by atoms with E-state index < -0.39 is 0 Å². The molecule has 0 bridgehead atoms. The normalized spacial score (nSPS) is 12.4. The summed E-state index contributed by atoms with van der Waals surface area (Å²) in [4.78, 5) is 0. The third kappa shape index (κ3) is 4.44. The molecule has 0 aliphatic heterocycles. The largest absolute Gasteiger partial charge is 0.373 e. The van der Waals surface area contributed by atoms with Gasteiger partial charge in [-0.25, -0.2) is 0 Å². The van der Waals surface area contributed by atoms with Crippen LogP contribution >= 0.6 is 0 Å². The van der Waals surface area contributed by atoms with E-state index in [1.54, 1.807) is 0 Å². The average molecular weight is 211 g/mol. The maximum Gasteiger partial charge on any atom is 0.0907 e. The van der Waals surface area contributed by atoms with Gasteiger partial charge in [0.25, 0.3) is 0 Å². The molecule has 1 heterocycles. The predicted octanol–water partition coefficient (Wildman–Crippen LogP) is 1.72. The van der Waals surface area contributed by atoms with E-state index in [1.807, 2.05) is 30.8 Å². The van der Waals surface area contributed by atoms with Crippen LogP contribution in [-0.4, -0.2) is 21.9 Å². The van der Waals surface area contributed by atoms with Gasteiger partial charge in [-0.2, -0.15) is 5.10 Å². The fourth-order valence-corrected chi connectivity index (χ4v) is 1.16. The van der Waals surface area contributed by atoms with Crippen LogP contribution in [0, 0.1) is 0 Å². The standard InChI is InChI=1S/C11H21N3O/c1-9(2)14-6-5-10(13-14)7-15-8-11(3,4)12/h5-6,9H,7-8,12H2,1-4H3. The molecule has 0 amide bonds. The highest BCUT2D eigenvalue weighted by atomic mass is 16.5. The van der Waals surface area contributed by atoms with E-state index in [0.29, 0.717) is 19.3 Å². The lowest BCUT2D eigenvalue weighted by Gasteiger charge is -2.17. The Morgan fingerprint density at radius 2 is 2.20 bits per heavy atom. The summed E-state index contributed by atoms with van der Waals surface area (Å²) >= 11 is 0. The smallest absolute Gasteiger partial charge is 0.0907 e. The maximum absolute atomic E-state index is 5.80. The van der Waals surface area contributed by atoms with Crippen molar-refractivity contribution in [2.45, 2.75) is 45.9 Å². The molecule has 0 atom stereocenters. The summed E-state index contributed by atoms with van der Waals surface area (Å²) in [5, 5.41) is 4.38. The highest BCUT2D eigenvalue weighted by molar-refractivity contribution is 4.97. The van der Waals surface area contributed by atoms with E-state index in [1.165, 1.54) is 0 Å².